The van der Waals surface area contributed by atoms with Gasteiger partial charge in [0.1, 0.15) is 0 Å². The maximum atomic E-state index is 9.15. The lowest BCUT2D eigenvalue weighted by atomic mass is 10.1. The Morgan fingerprint density at radius 2 is 2.00 bits per heavy atom. The van der Waals surface area contributed by atoms with E-state index < -0.39 is 0 Å². The summed E-state index contributed by atoms with van der Waals surface area (Å²) < 4.78 is 0. The molecule has 0 aromatic heterocycles. The van der Waals surface area contributed by atoms with E-state index >= 15 is 0 Å². The van der Waals surface area contributed by atoms with Crippen LogP contribution in [0.15, 0.2) is 0 Å². The molecule has 1 rings (SSSR count). The summed E-state index contributed by atoms with van der Waals surface area (Å²) >= 11 is 4.15. The molecule has 0 aliphatic carbocycles. The lowest BCUT2D eigenvalue weighted by Crippen LogP contribution is -2.36. The number of rotatable bonds is 2. The monoisotopic (exact) mass is 161 g/mol. The highest BCUT2D eigenvalue weighted by molar-refractivity contribution is 7.80. The fourth-order valence-electron chi connectivity index (χ4n) is 1.28. The molecular weight excluding hydrogens is 146 g/mol. The van der Waals surface area contributed by atoms with Crippen molar-refractivity contribution in [1.82, 2.24) is 4.90 Å². The molecule has 60 valence electrons. The molecule has 0 atom stereocenters. The number of hydrogen-bond donors (Lipinski definition) is 2. The second kappa shape index (κ2) is 4.21. The molecule has 0 radical (unpaired) electrons. The molecule has 1 saturated heterocycles. The molecule has 3 heteroatoms. The Bertz CT molecular complexity index is 91.6. The van der Waals surface area contributed by atoms with Gasteiger partial charge in [-0.1, -0.05) is 0 Å². The minimum Gasteiger partial charge on any atom is -0.393 e. The molecule has 0 amide bonds. The fourth-order valence-corrected chi connectivity index (χ4v) is 1.57. The number of nitrogens with zero attached hydrogens (tertiary/aromatic N) is 1. The van der Waals surface area contributed by atoms with Gasteiger partial charge in [-0.25, -0.2) is 0 Å². The highest BCUT2D eigenvalue weighted by Crippen LogP contribution is 2.08. The molecule has 1 aliphatic heterocycles. The Hall–Kier alpha value is 0.270. The van der Waals surface area contributed by atoms with E-state index in [1.165, 1.54) is 0 Å². The number of hydrogen-bond acceptors (Lipinski definition) is 3. The Balaban J connectivity index is 2.13. The Morgan fingerprint density at radius 1 is 1.40 bits per heavy atom. The molecule has 0 saturated carbocycles. The predicted octanol–water partition coefficient (Wildman–Crippen LogP) is 0.373. The third-order valence-electron chi connectivity index (χ3n) is 1.97. The third-order valence-corrected chi connectivity index (χ3v) is 2.17. The first-order valence-corrected chi connectivity index (χ1v) is 4.47. The summed E-state index contributed by atoms with van der Waals surface area (Å²) in [5, 5.41) is 9.15. The zero-order valence-electron chi connectivity index (χ0n) is 6.16. The third kappa shape index (κ3) is 2.48. The van der Waals surface area contributed by atoms with Crippen LogP contribution in [-0.2, 0) is 0 Å². The first kappa shape index (κ1) is 8.37. The summed E-state index contributed by atoms with van der Waals surface area (Å²) in [4.78, 5) is 2.35. The van der Waals surface area contributed by atoms with Crippen molar-refractivity contribution < 1.29 is 5.11 Å². The average molecular weight is 161 g/mol. The minimum absolute atomic E-state index is 0.0452. The van der Waals surface area contributed by atoms with Crippen molar-refractivity contribution in [2.75, 3.05) is 25.4 Å². The van der Waals surface area contributed by atoms with Crippen molar-refractivity contribution in [3.63, 3.8) is 0 Å². The maximum absolute atomic E-state index is 9.15. The van der Waals surface area contributed by atoms with Gasteiger partial charge in [0.2, 0.25) is 0 Å². The van der Waals surface area contributed by atoms with Gasteiger partial charge in [0, 0.05) is 25.4 Å². The molecule has 1 N–H and O–H groups in total. The quantitative estimate of drug-likeness (QED) is 0.572. The van der Waals surface area contributed by atoms with E-state index in [0.29, 0.717) is 0 Å². The van der Waals surface area contributed by atoms with Gasteiger partial charge in [0.05, 0.1) is 6.10 Å². The summed E-state index contributed by atoms with van der Waals surface area (Å²) in [7, 11) is 0. The zero-order valence-corrected chi connectivity index (χ0v) is 7.06. The standard InChI is InChI=1S/C7H15NOS/c9-7-1-3-8(4-2-7)5-6-10/h7,9-10H,1-6H2. The summed E-state index contributed by atoms with van der Waals surface area (Å²) in [6, 6.07) is 0. The number of thiol groups is 1. The number of aliphatic hydroxyl groups is 1. The molecule has 1 aliphatic rings. The van der Waals surface area contributed by atoms with Crippen molar-refractivity contribution in [1.29, 1.82) is 0 Å². The Morgan fingerprint density at radius 3 is 2.50 bits per heavy atom. The summed E-state index contributed by atoms with van der Waals surface area (Å²) in [6.45, 7) is 3.15. The lowest BCUT2D eigenvalue weighted by Gasteiger charge is -2.28. The van der Waals surface area contributed by atoms with Crippen LogP contribution in [0.5, 0.6) is 0 Å². The van der Waals surface area contributed by atoms with Crippen LogP contribution in [0.25, 0.3) is 0 Å². The Labute approximate surface area is 67.6 Å². The van der Waals surface area contributed by atoms with Crippen LogP contribution in [0.1, 0.15) is 12.8 Å². The predicted molar refractivity (Wildman–Crippen MR) is 45.5 cm³/mol. The molecular formula is C7H15NOS. The molecule has 0 bridgehead atoms. The topological polar surface area (TPSA) is 23.5 Å². The van der Waals surface area contributed by atoms with E-state index in [-0.39, 0.29) is 6.10 Å². The van der Waals surface area contributed by atoms with Gasteiger partial charge in [-0.2, -0.15) is 12.6 Å². The molecule has 0 aromatic rings. The molecule has 1 fully saturated rings. The lowest BCUT2D eigenvalue weighted by molar-refractivity contribution is 0.0857. The highest BCUT2D eigenvalue weighted by Gasteiger charge is 2.15. The van der Waals surface area contributed by atoms with Crippen LogP contribution in [0.2, 0.25) is 0 Å². The molecule has 2 nitrogen and oxygen atoms in total. The van der Waals surface area contributed by atoms with Crippen molar-refractivity contribution in [3.05, 3.63) is 0 Å². The SMILES string of the molecule is OC1CCN(CCS)CC1. The smallest absolute Gasteiger partial charge is 0.0564 e. The van der Waals surface area contributed by atoms with Crippen LogP contribution in [0, 0.1) is 0 Å². The first-order valence-electron chi connectivity index (χ1n) is 3.84. The Kier molecular flexibility index (Phi) is 3.52. The van der Waals surface area contributed by atoms with E-state index in [9.17, 15) is 0 Å². The highest BCUT2D eigenvalue weighted by atomic mass is 32.1. The molecule has 0 spiro atoms. The van der Waals surface area contributed by atoms with Gasteiger partial charge >= 0.3 is 0 Å². The van der Waals surface area contributed by atoms with E-state index in [0.717, 1.165) is 38.2 Å². The van der Waals surface area contributed by atoms with Crippen molar-refractivity contribution >= 4 is 12.6 Å². The zero-order chi connectivity index (χ0) is 7.40. The van der Waals surface area contributed by atoms with Gasteiger partial charge in [0.15, 0.2) is 0 Å². The fraction of sp³-hybridized carbons (Fsp3) is 1.00. The van der Waals surface area contributed by atoms with Gasteiger partial charge in [-0.15, -0.1) is 0 Å². The van der Waals surface area contributed by atoms with E-state index in [2.05, 4.69) is 17.5 Å². The summed E-state index contributed by atoms with van der Waals surface area (Å²) in [5.41, 5.74) is 0. The van der Waals surface area contributed by atoms with Crippen LogP contribution < -0.4 is 0 Å². The van der Waals surface area contributed by atoms with Crippen LogP contribution in [-0.4, -0.2) is 41.5 Å². The molecule has 0 unspecified atom stereocenters. The van der Waals surface area contributed by atoms with Crippen molar-refractivity contribution in [3.8, 4) is 0 Å². The molecule has 1 heterocycles. The average Bonchev–Trinajstić information content (AvgIpc) is 1.95. The number of piperidine rings is 1. The van der Waals surface area contributed by atoms with Crippen LogP contribution >= 0.6 is 12.6 Å². The molecule has 10 heavy (non-hydrogen) atoms. The van der Waals surface area contributed by atoms with Gasteiger partial charge in [0.25, 0.3) is 0 Å². The number of likely N-dealkylation sites (tertiary alicyclic amines) is 1. The van der Waals surface area contributed by atoms with E-state index in [1.54, 1.807) is 0 Å². The second-order valence-corrected chi connectivity index (χ2v) is 3.24. The van der Waals surface area contributed by atoms with Crippen LogP contribution in [0.4, 0.5) is 0 Å². The van der Waals surface area contributed by atoms with Crippen molar-refractivity contribution in [2.24, 2.45) is 0 Å². The minimum atomic E-state index is -0.0452. The largest absolute Gasteiger partial charge is 0.393 e. The summed E-state index contributed by atoms with van der Waals surface area (Å²) in [6.07, 6.45) is 1.83. The van der Waals surface area contributed by atoms with Crippen molar-refractivity contribution in [2.45, 2.75) is 18.9 Å². The maximum Gasteiger partial charge on any atom is 0.0564 e. The number of aliphatic hydroxyl groups excluding tert-OH is 1. The van der Waals surface area contributed by atoms with Gasteiger partial charge in [-0.3, -0.25) is 0 Å². The van der Waals surface area contributed by atoms with Crippen LogP contribution in [0.3, 0.4) is 0 Å². The summed E-state index contributed by atoms with van der Waals surface area (Å²) in [5.74, 6) is 0.927. The normalized spacial score (nSPS) is 23.4. The van der Waals surface area contributed by atoms with E-state index in [1.807, 2.05) is 0 Å². The van der Waals surface area contributed by atoms with E-state index in [4.69, 9.17) is 5.11 Å². The van der Waals surface area contributed by atoms with Gasteiger partial charge < -0.3 is 10.0 Å². The second-order valence-electron chi connectivity index (χ2n) is 2.80. The molecule has 0 aromatic carbocycles. The first-order chi connectivity index (χ1) is 4.83. The van der Waals surface area contributed by atoms with Gasteiger partial charge in [-0.05, 0) is 12.8 Å².